The van der Waals surface area contributed by atoms with E-state index in [0.29, 0.717) is 5.56 Å². The van der Waals surface area contributed by atoms with Crippen molar-refractivity contribution in [3.63, 3.8) is 0 Å². The van der Waals surface area contributed by atoms with E-state index in [0.717, 1.165) is 16.0 Å². The highest BCUT2D eigenvalue weighted by Crippen LogP contribution is 2.22. The molecule has 0 aromatic heterocycles. The summed E-state index contributed by atoms with van der Waals surface area (Å²) in [6, 6.07) is 11.8. The lowest BCUT2D eigenvalue weighted by Crippen LogP contribution is -2.52. The van der Waals surface area contributed by atoms with Crippen LogP contribution < -0.4 is 5.32 Å². The number of hydrogen-bond donors (Lipinski definition) is 5. The SMILES string of the molecule is CC(C)CN(CC(O)C(=O)O)C(=O)N[C@@H](Cc1ccc(-c2ccc(O)cc2)cc1)C(=O)O. The minimum atomic E-state index is -1.77. The molecule has 2 rings (SSSR count). The molecule has 9 nitrogen and oxygen atoms in total. The van der Waals surface area contributed by atoms with E-state index in [1.165, 1.54) is 0 Å². The molecular formula is C23H28N2O7. The lowest BCUT2D eigenvalue weighted by molar-refractivity contribution is -0.147. The number of carboxylic acids is 2. The zero-order valence-electron chi connectivity index (χ0n) is 17.9. The number of benzene rings is 2. The van der Waals surface area contributed by atoms with Gasteiger partial charge in [-0.15, -0.1) is 0 Å². The normalized spacial score (nSPS) is 12.8. The molecular weight excluding hydrogens is 416 g/mol. The Balaban J connectivity index is 2.10. The molecule has 0 saturated heterocycles. The number of aliphatic hydroxyl groups excluding tert-OH is 1. The van der Waals surface area contributed by atoms with E-state index in [9.17, 15) is 29.7 Å². The number of phenolic OH excluding ortho intramolecular Hbond substituents is 1. The zero-order chi connectivity index (χ0) is 23.8. The highest BCUT2D eigenvalue weighted by molar-refractivity contribution is 5.83. The minimum Gasteiger partial charge on any atom is -0.508 e. The molecule has 5 N–H and O–H groups in total. The third kappa shape index (κ3) is 7.28. The molecule has 172 valence electrons. The Morgan fingerprint density at radius 1 is 0.875 bits per heavy atom. The number of nitrogens with one attached hydrogen (secondary N) is 1. The number of carbonyl (C=O) groups is 3. The number of carbonyl (C=O) groups excluding carboxylic acids is 1. The number of rotatable bonds is 10. The molecule has 0 radical (unpaired) electrons. The van der Waals surface area contributed by atoms with Crippen molar-refractivity contribution < 1.29 is 34.8 Å². The first-order valence-corrected chi connectivity index (χ1v) is 10.1. The zero-order valence-corrected chi connectivity index (χ0v) is 17.9. The second-order valence-corrected chi connectivity index (χ2v) is 7.94. The van der Waals surface area contributed by atoms with Crippen LogP contribution in [0.3, 0.4) is 0 Å². The Morgan fingerprint density at radius 3 is 1.88 bits per heavy atom. The Labute approximate surface area is 185 Å². The van der Waals surface area contributed by atoms with Gasteiger partial charge in [0.1, 0.15) is 11.8 Å². The molecule has 0 fully saturated rings. The summed E-state index contributed by atoms with van der Waals surface area (Å²) in [5, 5.41) is 39.9. The number of aromatic hydroxyl groups is 1. The first-order valence-electron chi connectivity index (χ1n) is 10.1. The number of amides is 2. The molecule has 0 aliphatic carbocycles. The van der Waals surface area contributed by atoms with Crippen molar-refractivity contribution in [1.82, 2.24) is 10.2 Å². The number of urea groups is 1. The number of hydrogen-bond acceptors (Lipinski definition) is 5. The van der Waals surface area contributed by atoms with E-state index in [4.69, 9.17) is 5.11 Å². The fraction of sp³-hybridized carbons (Fsp3) is 0.348. The standard InChI is InChI=1S/C23H28N2O7/c1-14(2)12-25(13-20(27)22(30)31)23(32)24-19(21(28)29)11-15-3-5-16(6-4-15)17-7-9-18(26)10-8-17/h3-10,14,19-20,26-27H,11-13H2,1-2H3,(H,24,32)(H,28,29)(H,30,31)/t19-,20?/m0/s1. The summed E-state index contributed by atoms with van der Waals surface area (Å²) in [6.45, 7) is 3.34. The van der Waals surface area contributed by atoms with Crippen LogP contribution in [-0.4, -0.2) is 68.5 Å². The highest BCUT2D eigenvalue weighted by atomic mass is 16.4. The quantitative estimate of drug-likeness (QED) is 0.377. The van der Waals surface area contributed by atoms with Crippen molar-refractivity contribution in [3.05, 3.63) is 54.1 Å². The largest absolute Gasteiger partial charge is 0.508 e. The molecule has 2 aromatic rings. The first-order chi connectivity index (χ1) is 15.1. The summed E-state index contributed by atoms with van der Waals surface area (Å²) >= 11 is 0. The Morgan fingerprint density at radius 2 is 1.41 bits per heavy atom. The average Bonchev–Trinajstić information content (AvgIpc) is 2.73. The van der Waals surface area contributed by atoms with Crippen LogP contribution >= 0.6 is 0 Å². The molecule has 2 aromatic carbocycles. The topological polar surface area (TPSA) is 147 Å². The fourth-order valence-corrected chi connectivity index (χ4v) is 3.13. The third-order valence-electron chi connectivity index (χ3n) is 4.74. The van der Waals surface area contributed by atoms with Gasteiger partial charge >= 0.3 is 18.0 Å². The Kier molecular flexibility index (Phi) is 8.60. The molecule has 0 aliphatic heterocycles. The van der Waals surface area contributed by atoms with E-state index in [2.05, 4.69) is 5.32 Å². The molecule has 2 atom stereocenters. The van der Waals surface area contributed by atoms with Gasteiger partial charge in [-0.1, -0.05) is 50.2 Å². The van der Waals surface area contributed by atoms with E-state index < -0.39 is 36.7 Å². The van der Waals surface area contributed by atoms with E-state index in [1.807, 2.05) is 26.0 Å². The monoisotopic (exact) mass is 444 g/mol. The van der Waals surface area contributed by atoms with Crippen molar-refractivity contribution in [3.8, 4) is 16.9 Å². The molecule has 0 bridgehead atoms. The van der Waals surface area contributed by atoms with Crippen molar-refractivity contribution in [2.75, 3.05) is 13.1 Å². The lowest BCUT2D eigenvalue weighted by Gasteiger charge is -2.27. The van der Waals surface area contributed by atoms with Gasteiger partial charge < -0.3 is 30.6 Å². The predicted molar refractivity (Wildman–Crippen MR) is 117 cm³/mol. The summed E-state index contributed by atoms with van der Waals surface area (Å²) in [5.74, 6) is -2.55. The van der Waals surface area contributed by atoms with Gasteiger partial charge in [0.05, 0.1) is 6.54 Å². The van der Waals surface area contributed by atoms with Gasteiger partial charge in [0.2, 0.25) is 0 Å². The van der Waals surface area contributed by atoms with Crippen LogP contribution in [0.4, 0.5) is 4.79 Å². The summed E-state index contributed by atoms with van der Waals surface area (Å²) < 4.78 is 0. The molecule has 2 amide bonds. The summed E-state index contributed by atoms with van der Waals surface area (Å²) in [4.78, 5) is 36.4. The minimum absolute atomic E-state index is 0.0162. The van der Waals surface area contributed by atoms with Crippen molar-refractivity contribution in [1.29, 1.82) is 0 Å². The maximum Gasteiger partial charge on any atom is 0.334 e. The molecule has 0 heterocycles. The van der Waals surface area contributed by atoms with Crippen molar-refractivity contribution >= 4 is 18.0 Å². The smallest absolute Gasteiger partial charge is 0.334 e. The number of nitrogens with zero attached hydrogens (tertiary/aromatic N) is 1. The van der Waals surface area contributed by atoms with Crippen LogP contribution in [0.5, 0.6) is 5.75 Å². The van der Waals surface area contributed by atoms with Crippen molar-refractivity contribution in [2.24, 2.45) is 5.92 Å². The van der Waals surface area contributed by atoms with Gasteiger partial charge in [-0.2, -0.15) is 0 Å². The van der Waals surface area contributed by atoms with Crippen LogP contribution in [0.2, 0.25) is 0 Å². The molecule has 0 saturated carbocycles. The first kappa shape index (κ1) is 24.7. The maximum absolute atomic E-state index is 12.6. The Bertz CT molecular complexity index is 926. The summed E-state index contributed by atoms with van der Waals surface area (Å²) in [7, 11) is 0. The van der Waals surface area contributed by atoms with E-state index in [-0.39, 0.29) is 24.6 Å². The number of aliphatic hydroxyl groups is 1. The molecule has 0 spiro atoms. The van der Waals surface area contributed by atoms with Crippen molar-refractivity contribution in [2.45, 2.75) is 32.4 Å². The second-order valence-electron chi connectivity index (χ2n) is 7.94. The summed E-state index contributed by atoms with van der Waals surface area (Å²) in [6.07, 6.45) is -1.75. The number of aliphatic carboxylic acids is 2. The second kappa shape index (κ2) is 11.1. The fourth-order valence-electron chi connectivity index (χ4n) is 3.13. The Hall–Kier alpha value is -3.59. The van der Waals surface area contributed by atoms with Gasteiger partial charge in [0.15, 0.2) is 6.10 Å². The maximum atomic E-state index is 12.6. The van der Waals surface area contributed by atoms with Gasteiger partial charge in [-0.05, 0) is 34.7 Å². The van der Waals surface area contributed by atoms with Crippen LogP contribution in [0.25, 0.3) is 11.1 Å². The van der Waals surface area contributed by atoms with E-state index in [1.54, 1.807) is 36.4 Å². The van der Waals surface area contributed by atoms with Gasteiger partial charge in [0.25, 0.3) is 0 Å². The van der Waals surface area contributed by atoms with Gasteiger partial charge in [-0.3, -0.25) is 0 Å². The van der Waals surface area contributed by atoms with Crippen LogP contribution in [0.15, 0.2) is 48.5 Å². The van der Waals surface area contributed by atoms with Crippen LogP contribution in [0.1, 0.15) is 19.4 Å². The molecule has 0 aliphatic rings. The van der Waals surface area contributed by atoms with Gasteiger partial charge in [0, 0.05) is 13.0 Å². The lowest BCUT2D eigenvalue weighted by atomic mass is 10.0. The van der Waals surface area contributed by atoms with Crippen LogP contribution in [-0.2, 0) is 16.0 Å². The molecule has 9 heteroatoms. The number of carboxylic acid groups (broad SMARTS) is 2. The predicted octanol–water partition coefficient (Wildman–Crippen LogP) is 2.17. The van der Waals surface area contributed by atoms with Gasteiger partial charge in [-0.25, -0.2) is 14.4 Å². The summed E-state index contributed by atoms with van der Waals surface area (Å²) in [5.41, 5.74) is 2.45. The average molecular weight is 444 g/mol. The molecule has 32 heavy (non-hydrogen) atoms. The number of phenols is 1. The van der Waals surface area contributed by atoms with Crippen LogP contribution in [0, 0.1) is 5.92 Å². The highest BCUT2D eigenvalue weighted by Gasteiger charge is 2.27. The third-order valence-corrected chi connectivity index (χ3v) is 4.74. The van der Waals surface area contributed by atoms with E-state index >= 15 is 0 Å². The molecule has 1 unspecified atom stereocenters.